The predicted molar refractivity (Wildman–Crippen MR) is 62.1 cm³/mol. The third-order valence-corrected chi connectivity index (χ3v) is 3.88. The first-order chi connectivity index (χ1) is 8.86. The highest BCUT2D eigenvalue weighted by Gasteiger charge is 2.30. The molecule has 10 heteroatoms. The Balaban J connectivity index is 2.13. The van der Waals surface area contributed by atoms with Gasteiger partial charge in [0.2, 0.25) is 0 Å². The molecule has 0 atom stereocenters. The summed E-state index contributed by atoms with van der Waals surface area (Å²) in [4.78, 5) is 17.3. The van der Waals surface area contributed by atoms with Crippen LogP contribution in [0.15, 0.2) is 33.9 Å². The van der Waals surface area contributed by atoms with E-state index in [9.17, 15) is 23.3 Å². The van der Waals surface area contributed by atoms with Crippen LogP contribution < -0.4 is 0 Å². The van der Waals surface area contributed by atoms with Gasteiger partial charge in [0.15, 0.2) is 4.34 Å². The van der Waals surface area contributed by atoms with Crippen molar-refractivity contribution in [1.82, 2.24) is 9.97 Å². The number of alkyl halides is 3. The normalized spacial score (nSPS) is 11.5. The summed E-state index contributed by atoms with van der Waals surface area (Å²) in [6, 6.07) is 2.10. The fourth-order valence-electron chi connectivity index (χ4n) is 1.08. The summed E-state index contributed by atoms with van der Waals surface area (Å²) in [6.07, 6.45) is -2.63. The van der Waals surface area contributed by atoms with E-state index in [0.717, 1.165) is 35.4 Å². The molecule has 2 aromatic heterocycles. The van der Waals surface area contributed by atoms with Crippen molar-refractivity contribution in [3.05, 3.63) is 40.2 Å². The Morgan fingerprint density at radius 2 is 2.00 bits per heavy atom. The van der Waals surface area contributed by atoms with Crippen LogP contribution in [0.25, 0.3) is 0 Å². The largest absolute Gasteiger partial charge is 0.417 e. The van der Waals surface area contributed by atoms with Crippen molar-refractivity contribution in [2.24, 2.45) is 0 Å². The third-order valence-electron chi connectivity index (χ3n) is 1.91. The van der Waals surface area contributed by atoms with Crippen molar-refractivity contribution in [3.8, 4) is 0 Å². The lowest BCUT2D eigenvalue weighted by Gasteiger charge is -2.05. The maximum Gasteiger partial charge on any atom is 0.417 e. The first kappa shape index (κ1) is 13.7. The van der Waals surface area contributed by atoms with E-state index >= 15 is 0 Å². The van der Waals surface area contributed by atoms with Crippen LogP contribution in [0.5, 0.6) is 0 Å². The van der Waals surface area contributed by atoms with Gasteiger partial charge in [-0.3, -0.25) is 10.1 Å². The minimum absolute atomic E-state index is 0.130. The summed E-state index contributed by atoms with van der Waals surface area (Å²) in [7, 11) is 0. The Labute approximate surface area is 112 Å². The monoisotopic (exact) mass is 307 g/mol. The highest BCUT2D eigenvalue weighted by atomic mass is 32.2. The van der Waals surface area contributed by atoms with Gasteiger partial charge in [-0.2, -0.15) is 13.2 Å². The molecule has 0 saturated carbocycles. The quantitative estimate of drug-likeness (QED) is 0.640. The maximum absolute atomic E-state index is 12.3. The van der Waals surface area contributed by atoms with E-state index in [2.05, 4.69) is 9.97 Å². The SMILES string of the molecule is O=[N+]([O-])c1cnc(Sc2ccc(C(F)(F)F)cn2)s1. The molecule has 0 radical (unpaired) electrons. The number of hydrogen-bond donors (Lipinski definition) is 0. The number of pyridine rings is 1. The molecule has 0 unspecified atom stereocenters. The van der Waals surface area contributed by atoms with Crippen LogP contribution in [0.2, 0.25) is 0 Å². The van der Waals surface area contributed by atoms with Crippen molar-refractivity contribution in [3.63, 3.8) is 0 Å². The average molecular weight is 307 g/mol. The number of nitro groups is 1. The smallest absolute Gasteiger partial charge is 0.257 e. The topological polar surface area (TPSA) is 68.9 Å². The first-order valence-corrected chi connectivity index (χ1v) is 6.31. The molecular formula is C9H4F3N3O2S2. The lowest BCUT2D eigenvalue weighted by molar-refractivity contribution is -0.380. The summed E-state index contributed by atoms with van der Waals surface area (Å²) in [6.45, 7) is 0. The minimum atomic E-state index is -4.43. The first-order valence-electron chi connectivity index (χ1n) is 4.67. The van der Waals surface area contributed by atoms with E-state index in [1.165, 1.54) is 6.07 Å². The Morgan fingerprint density at radius 3 is 2.47 bits per heavy atom. The zero-order valence-corrected chi connectivity index (χ0v) is 10.6. The fourth-order valence-corrected chi connectivity index (χ4v) is 2.75. The number of aromatic nitrogens is 2. The molecule has 0 aromatic carbocycles. The molecule has 2 heterocycles. The minimum Gasteiger partial charge on any atom is -0.257 e. The molecule has 0 spiro atoms. The van der Waals surface area contributed by atoms with E-state index in [0.29, 0.717) is 10.5 Å². The summed E-state index contributed by atoms with van der Waals surface area (Å²) in [5.41, 5.74) is -0.845. The van der Waals surface area contributed by atoms with Gasteiger partial charge in [0.25, 0.3) is 0 Å². The molecule has 19 heavy (non-hydrogen) atoms. The van der Waals surface area contributed by atoms with Crippen LogP contribution in [0.1, 0.15) is 5.56 Å². The molecule has 0 aliphatic rings. The average Bonchev–Trinajstić information content (AvgIpc) is 2.77. The van der Waals surface area contributed by atoms with Gasteiger partial charge in [-0.15, -0.1) is 0 Å². The number of rotatable bonds is 3. The van der Waals surface area contributed by atoms with E-state index < -0.39 is 16.7 Å². The van der Waals surface area contributed by atoms with Gasteiger partial charge in [-0.1, -0.05) is 0 Å². The number of hydrogen-bond acceptors (Lipinski definition) is 6. The van der Waals surface area contributed by atoms with Gasteiger partial charge in [0.1, 0.15) is 11.2 Å². The van der Waals surface area contributed by atoms with E-state index in [-0.39, 0.29) is 10.0 Å². The van der Waals surface area contributed by atoms with E-state index in [1.54, 1.807) is 0 Å². The molecule has 0 N–H and O–H groups in total. The van der Waals surface area contributed by atoms with Gasteiger partial charge in [0.05, 0.1) is 10.5 Å². The van der Waals surface area contributed by atoms with Crippen LogP contribution in [0.3, 0.4) is 0 Å². The van der Waals surface area contributed by atoms with Gasteiger partial charge in [-0.05, 0) is 35.2 Å². The second kappa shape index (κ2) is 5.13. The zero-order chi connectivity index (χ0) is 14.0. The van der Waals surface area contributed by atoms with Gasteiger partial charge in [0, 0.05) is 6.20 Å². The molecule has 0 aliphatic heterocycles. The van der Waals surface area contributed by atoms with Crippen LogP contribution in [0.4, 0.5) is 18.2 Å². The van der Waals surface area contributed by atoms with Gasteiger partial charge in [-0.25, -0.2) is 9.97 Å². The van der Waals surface area contributed by atoms with Crippen molar-refractivity contribution in [2.45, 2.75) is 15.5 Å². The van der Waals surface area contributed by atoms with Crippen LogP contribution in [0, 0.1) is 10.1 Å². The third kappa shape index (κ3) is 3.41. The zero-order valence-electron chi connectivity index (χ0n) is 8.92. The van der Waals surface area contributed by atoms with Crippen molar-refractivity contribution < 1.29 is 18.1 Å². The highest BCUT2D eigenvalue weighted by Crippen LogP contribution is 2.34. The predicted octanol–water partition coefficient (Wildman–Crippen LogP) is 3.62. The van der Waals surface area contributed by atoms with Crippen molar-refractivity contribution in [1.29, 1.82) is 0 Å². The second-order valence-corrected chi connectivity index (χ2v) is 5.48. The fraction of sp³-hybridized carbons (Fsp3) is 0.111. The molecule has 0 amide bonds. The van der Waals surface area contributed by atoms with Crippen molar-refractivity contribution in [2.75, 3.05) is 0 Å². The lowest BCUT2D eigenvalue weighted by Crippen LogP contribution is -2.04. The summed E-state index contributed by atoms with van der Waals surface area (Å²) in [5.74, 6) is 0. The molecule has 0 aliphatic carbocycles. The summed E-state index contributed by atoms with van der Waals surface area (Å²) in [5, 5.41) is 10.6. The number of halogens is 3. The lowest BCUT2D eigenvalue weighted by atomic mass is 10.3. The molecule has 0 bridgehead atoms. The highest BCUT2D eigenvalue weighted by molar-refractivity contribution is 8.01. The summed E-state index contributed by atoms with van der Waals surface area (Å²) >= 11 is 1.81. The molecular weight excluding hydrogens is 303 g/mol. The molecule has 2 aromatic rings. The standard InChI is InChI=1S/C9H4F3N3O2S2/c10-9(11,12)5-1-2-6(13-3-5)18-8-14-4-7(19-8)15(16)17/h1-4H. The van der Waals surface area contributed by atoms with E-state index in [4.69, 9.17) is 0 Å². The Bertz CT molecular complexity index is 598. The van der Waals surface area contributed by atoms with Crippen LogP contribution in [-0.4, -0.2) is 14.9 Å². The summed E-state index contributed by atoms with van der Waals surface area (Å²) < 4.78 is 37.3. The Morgan fingerprint density at radius 1 is 1.26 bits per heavy atom. The Kier molecular flexibility index (Phi) is 3.71. The number of nitrogens with zero attached hydrogens (tertiary/aromatic N) is 3. The van der Waals surface area contributed by atoms with Gasteiger partial charge < -0.3 is 0 Å². The number of thiazole rings is 1. The van der Waals surface area contributed by atoms with Crippen LogP contribution >= 0.6 is 23.1 Å². The van der Waals surface area contributed by atoms with Crippen molar-refractivity contribution >= 4 is 28.1 Å². The van der Waals surface area contributed by atoms with Gasteiger partial charge >= 0.3 is 11.2 Å². The van der Waals surface area contributed by atoms with Crippen LogP contribution in [-0.2, 0) is 6.18 Å². The maximum atomic E-state index is 12.3. The molecule has 0 fully saturated rings. The molecule has 0 saturated heterocycles. The second-order valence-electron chi connectivity index (χ2n) is 3.21. The molecule has 5 nitrogen and oxygen atoms in total. The Hall–Kier alpha value is -1.68. The van der Waals surface area contributed by atoms with E-state index in [1.807, 2.05) is 0 Å². The molecule has 100 valence electrons. The molecule has 2 rings (SSSR count).